The summed E-state index contributed by atoms with van der Waals surface area (Å²) in [7, 11) is 1.49. The highest BCUT2D eigenvalue weighted by molar-refractivity contribution is 6.07. The van der Waals surface area contributed by atoms with Crippen molar-refractivity contribution in [3.63, 3.8) is 0 Å². The lowest BCUT2D eigenvalue weighted by Crippen LogP contribution is -2.14. The first-order valence-corrected chi connectivity index (χ1v) is 9.08. The van der Waals surface area contributed by atoms with Gasteiger partial charge in [0, 0.05) is 24.5 Å². The fraction of sp³-hybridized carbons (Fsp3) is 0.136. The number of para-hydroxylation sites is 1. The first-order chi connectivity index (χ1) is 14.5. The van der Waals surface area contributed by atoms with Crippen LogP contribution in [-0.4, -0.2) is 28.5 Å². The Labute approximate surface area is 172 Å². The molecule has 0 aliphatic rings. The summed E-state index contributed by atoms with van der Waals surface area (Å²) in [6.07, 6.45) is 1.62. The molecule has 8 heteroatoms. The molecule has 30 heavy (non-hydrogen) atoms. The number of carbonyl (C=O) groups excluding carboxylic acids is 1. The molecule has 0 radical (unpaired) electrons. The minimum atomic E-state index is -2.84. The van der Waals surface area contributed by atoms with E-state index in [2.05, 4.69) is 22.2 Å². The summed E-state index contributed by atoms with van der Waals surface area (Å²) in [6.45, 7) is 3.87. The van der Waals surface area contributed by atoms with Crippen molar-refractivity contribution in [3.8, 4) is 11.1 Å². The topological polar surface area (TPSA) is 68.5 Å². The van der Waals surface area contributed by atoms with Crippen molar-refractivity contribution in [2.45, 2.75) is 6.43 Å². The number of hydrogen-bond acceptors (Lipinski definition) is 4. The van der Waals surface area contributed by atoms with Gasteiger partial charge in [-0.25, -0.2) is 8.78 Å². The number of nitrogens with zero attached hydrogens (tertiary/aromatic N) is 3. The van der Waals surface area contributed by atoms with Gasteiger partial charge in [-0.1, -0.05) is 60.3 Å². The lowest BCUT2D eigenvalue weighted by atomic mass is 10.0. The summed E-state index contributed by atoms with van der Waals surface area (Å²) in [5, 5.41) is 10.2. The van der Waals surface area contributed by atoms with E-state index in [9.17, 15) is 13.6 Å². The maximum absolute atomic E-state index is 13.2. The zero-order valence-corrected chi connectivity index (χ0v) is 16.3. The van der Waals surface area contributed by atoms with Crippen molar-refractivity contribution in [2.75, 3.05) is 11.9 Å². The highest BCUT2D eigenvalue weighted by atomic mass is 19.3. The molecule has 6 nitrogen and oxygen atoms in total. The Bertz CT molecular complexity index is 1060. The molecule has 1 N–H and O–H groups in total. The normalized spacial score (nSPS) is 11.1. The van der Waals surface area contributed by atoms with Gasteiger partial charge in [0.15, 0.2) is 0 Å². The minimum Gasteiger partial charge on any atom is -0.392 e. The van der Waals surface area contributed by atoms with Gasteiger partial charge in [-0.2, -0.15) is 5.10 Å². The van der Waals surface area contributed by atoms with Crippen LogP contribution in [-0.2, 0) is 11.9 Å². The number of nitrogens with one attached hydrogen (secondary N) is 1. The highest BCUT2D eigenvalue weighted by Gasteiger charge is 2.23. The van der Waals surface area contributed by atoms with Gasteiger partial charge in [-0.15, -0.1) is 0 Å². The molecular formula is C22H20F2N4O2. The number of oxime groups is 1. The largest absolute Gasteiger partial charge is 0.392 e. The van der Waals surface area contributed by atoms with Crippen molar-refractivity contribution in [1.29, 1.82) is 0 Å². The fourth-order valence-corrected chi connectivity index (χ4v) is 2.82. The molecule has 154 valence electrons. The van der Waals surface area contributed by atoms with Gasteiger partial charge in [0.2, 0.25) is 0 Å². The number of rotatable bonds is 8. The molecule has 0 aliphatic heterocycles. The molecule has 1 aromatic heterocycles. The Balaban J connectivity index is 1.82. The predicted molar refractivity (Wildman–Crippen MR) is 112 cm³/mol. The highest BCUT2D eigenvalue weighted by Crippen LogP contribution is 2.29. The fourth-order valence-electron chi connectivity index (χ4n) is 2.82. The van der Waals surface area contributed by atoms with Crippen LogP contribution in [0.5, 0.6) is 0 Å². The number of aromatic nitrogens is 2. The Morgan fingerprint density at radius 3 is 2.70 bits per heavy atom. The quantitative estimate of drug-likeness (QED) is 0.251. The monoisotopic (exact) mass is 410 g/mol. The maximum atomic E-state index is 13.2. The molecular weight excluding hydrogens is 390 g/mol. The number of anilines is 1. The molecule has 0 unspecified atom stereocenters. The van der Waals surface area contributed by atoms with Crippen molar-refractivity contribution in [2.24, 2.45) is 12.2 Å². The number of benzene rings is 2. The second kappa shape index (κ2) is 9.60. The maximum Gasteiger partial charge on any atom is 0.282 e. The number of amides is 1. The summed E-state index contributed by atoms with van der Waals surface area (Å²) in [6, 6.07) is 14.6. The third-order valence-corrected chi connectivity index (χ3v) is 4.17. The SMILES string of the molecule is C=CCON=Cc1ccc(-c2ccccc2NC(=O)c2cn(C)nc2C(F)F)cc1. The second-order valence-electron chi connectivity index (χ2n) is 6.34. The molecule has 1 amide bonds. The number of hydrogen-bond donors (Lipinski definition) is 1. The van der Waals surface area contributed by atoms with E-state index >= 15 is 0 Å². The molecule has 0 aliphatic carbocycles. The van der Waals surface area contributed by atoms with Crippen molar-refractivity contribution in [1.82, 2.24) is 9.78 Å². The molecule has 0 saturated carbocycles. The van der Waals surface area contributed by atoms with Gasteiger partial charge < -0.3 is 10.2 Å². The third kappa shape index (κ3) is 4.96. The minimum absolute atomic E-state index is 0.159. The first-order valence-electron chi connectivity index (χ1n) is 9.08. The second-order valence-corrected chi connectivity index (χ2v) is 6.34. The smallest absolute Gasteiger partial charge is 0.282 e. The molecule has 1 heterocycles. The van der Waals surface area contributed by atoms with Crippen LogP contribution in [0, 0.1) is 0 Å². The Morgan fingerprint density at radius 1 is 1.27 bits per heavy atom. The predicted octanol–water partition coefficient (Wildman–Crippen LogP) is 4.81. The molecule has 0 atom stereocenters. The molecule has 2 aromatic carbocycles. The molecule has 0 fully saturated rings. The average molecular weight is 410 g/mol. The lowest BCUT2D eigenvalue weighted by molar-refractivity contribution is 0.101. The van der Waals surface area contributed by atoms with Crippen molar-refractivity contribution in [3.05, 3.63) is 84.2 Å². The first kappa shape index (κ1) is 20.9. The zero-order chi connectivity index (χ0) is 21.5. The van der Waals surface area contributed by atoms with E-state index in [1.165, 1.54) is 17.9 Å². The molecule has 0 bridgehead atoms. The van der Waals surface area contributed by atoms with Gasteiger partial charge in [0.1, 0.15) is 12.3 Å². The van der Waals surface area contributed by atoms with E-state index in [-0.39, 0.29) is 5.56 Å². The molecule has 0 saturated heterocycles. The lowest BCUT2D eigenvalue weighted by Gasteiger charge is -2.11. The van der Waals surface area contributed by atoms with E-state index in [1.54, 1.807) is 24.4 Å². The summed E-state index contributed by atoms with van der Waals surface area (Å²) in [5.74, 6) is -0.644. The van der Waals surface area contributed by atoms with Crippen LogP contribution >= 0.6 is 0 Å². The molecule has 3 aromatic rings. The Hall–Kier alpha value is -3.81. The van der Waals surface area contributed by atoms with Crippen LogP contribution in [0.2, 0.25) is 0 Å². The summed E-state index contributed by atoms with van der Waals surface area (Å²) >= 11 is 0. The van der Waals surface area contributed by atoms with Gasteiger partial charge in [0.25, 0.3) is 12.3 Å². The molecule has 0 spiro atoms. The van der Waals surface area contributed by atoms with E-state index < -0.39 is 18.0 Å². The number of halogens is 2. The van der Waals surface area contributed by atoms with Gasteiger partial charge >= 0.3 is 0 Å². The standard InChI is InChI=1S/C22H20F2N4O2/c1-3-12-30-25-13-15-8-10-16(11-9-15)17-6-4-5-7-19(17)26-22(29)18-14-28(2)27-20(18)21(23)24/h3-11,13-14,21H,1,12H2,2H3,(H,26,29). The number of aryl methyl sites for hydroxylation is 1. The summed E-state index contributed by atoms with van der Waals surface area (Å²) < 4.78 is 27.5. The van der Waals surface area contributed by atoms with Crippen molar-refractivity contribution >= 4 is 17.8 Å². The van der Waals surface area contributed by atoms with Gasteiger partial charge in [0.05, 0.1) is 11.8 Å². The van der Waals surface area contributed by atoms with Crippen molar-refractivity contribution < 1.29 is 18.4 Å². The summed E-state index contributed by atoms with van der Waals surface area (Å²) in [4.78, 5) is 17.6. The third-order valence-electron chi connectivity index (χ3n) is 4.17. The average Bonchev–Trinajstić information content (AvgIpc) is 3.14. The number of carbonyl (C=O) groups is 1. The van der Waals surface area contributed by atoms with Crippen LogP contribution in [0.4, 0.5) is 14.5 Å². The van der Waals surface area contributed by atoms with E-state index in [4.69, 9.17) is 4.84 Å². The van der Waals surface area contributed by atoms with Crippen LogP contribution < -0.4 is 5.32 Å². The van der Waals surface area contributed by atoms with Crippen LogP contribution in [0.15, 0.2) is 72.5 Å². The van der Waals surface area contributed by atoms with E-state index in [0.29, 0.717) is 12.3 Å². The molecule has 3 rings (SSSR count). The van der Waals surface area contributed by atoms with E-state index in [1.807, 2.05) is 36.4 Å². The Kier molecular flexibility index (Phi) is 6.69. The Morgan fingerprint density at radius 2 is 2.00 bits per heavy atom. The van der Waals surface area contributed by atoms with E-state index in [0.717, 1.165) is 16.7 Å². The van der Waals surface area contributed by atoms with Crippen LogP contribution in [0.25, 0.3) is 11.1 Å². The zero-order valence-electron chi connectivity index (χ0n) is 16.3. The van der Waals surface area contributed by atoms with Crippen LogP contribution in [0.3, 0.4) is 0 Å². The summed E-state index contributed by atoms with van der Waals surface area (Å²) in [5.41, 5.74) is 2.22. The number of alkyl halides is 2. The van der Waals surface area contributed by atoms with Crippen LogP contribution in [0.1, 0.15) is 28.0 Å². The van der Waals surface area contributed by atoms with Gasteiger partial charge in [-0.05, 0) is 17.2 Å². The van der Waals surface area contributed by atoms with Gasteiger partial charge in [-0.3, -0.25) is 9.48 Å².